The number of furan rings is 1. The van der Waals surface area contributed by atoms with Crippen LogP contribution < -0.4 is 0 Å². The summed E-state index contributed by atoms with van der Waals surface area (Å²) in [4.78, 5) is 23.3. The van der Waals surface area contributed by atoms with E-state index >= 15 is 0 Å². The zero-order valence-corrected chi connectivity index (χ0v) is 15.2. The highest BCUT2D eigenvalue weighted by atomic mass is 16.3. The van der Waals surface area contributed by atoms with Crippen LogP contribution in [0.3, 0.4) is 0 Å². The topological polar surface area (TPSA) is 76.5 Å². The lowest BCUT2D eigenvalue weighted by atomic mass is 9.97. The van der Waals surface area contributed by atoms with Crippen LogP contribution in [0.4, 0.5) is 0 Å². The maximum atomic E-state index is 12.6. The monoisotopic (exact) mass is 373 g/mol. The first-order valence-electron chi connectivity index (χ1n) is 9.36. The molecule has 5 rings (SSSR count). The molecule has 4 aromatic rings. The molecule has 1 atom stereocenters. The molecule has 4 aromatic heterocycles. The van der Waals surface area contributed by atoms with Gasteiger partial charge in [0.05, 0.1) is 11.8 Å². The lowest BCUT2D eigenvalue weighted by Gasteiger charge is -2.31. The van der Waals surface area contributed by atoms with Gasteiger partial charge >= 0.3 is 0 Å². The largest absolute Gasteiger partial charge is 0.472 e. The molecule has 7 nitrogen and oxygen atoms in total. The van der Waals surface area contributed by atoms with Crippen LogP contribution in [0.15, 0.2) is 65.9 Å². The van der Waals surface area contributed by atoms with Gasteiger partial charge in [-0.2, -0.15) is 5.10 Å². The average Bonchev–Trinajstić information content (AvgIpc) is 3.43. The molecule has 7 heteroatoms. The number of likely N-dealkylation sites (tertiary alicyclic amines) is 1. The Hall–Kier alpha value is -3.48. The Morgan fingerprint density at radius 1 is 1.11 bits per heavy atom. The summed E-state index contributed by atoms with van der Waals surface area (Å²) in [7, 11) is 0. The lowest BCUT2D eigenvalue weighted by molar-refractivity contribution is 0.0704. The highest BCUT2D eigenvalue weighted by molar-refractivity contribution is 5.93. The molecule has 1 amide bonds. The van der Waals surface area contributed by atoms with E-state index in [1.807, 2.05) is 39.9 Å². The maximum Gasteiger partial charge on any atom is 0.257 e. The number of amides is 1. The van der Waals surface area contributed by atoms with E-state index in [-0.39, 0.29) is 11.8 Å². The Bertz CT molecular complexity index is 1100. The molecule has 0 aliphatic carbocycles. The molecule has 1 fully saturated rings. The summed E-state index contributed by atoms with van der Waals surface area (Å²) in [6.45, 7) is 1.37. The third-order valence-corrected chi connectivity index (χ3v) is 5.20. The van der Waals surface area contributed by atoms with Crippen LogP contribution in [0.2, 0.25) is 0 Å². The molecule has 1 aliphatic rings. The number of aromatic nitrogens is 4. The van der Waals surface area contributed by atoms with Gasteiger partial charge in [-0.3, -0.25) is 9.78 Å². The predicted octanol–water partition coefficient (Wildman–Crippen LogP) is 3.40. The van der Waals surface area contributed by atoms with E-state index in [1.54, 1.807) is 18.5 Å². The number of nitrogens with zero attached hydrogens (tertiary/aromatic N) is 5. The second-order valence-corrected chi connectivity index (χ2v) is 7.03. The van der Waals surface area contributed by atoms with Crippen molar-refractivity contribution in [2.24, 2.45) is 0 Å². The number of pyridine rings is 2. The van der Waals surface area contributed by atoms with E-state index in [0.29, 0.717) is 12.1 Å². The van der Waals surface area contributed by atoms with E-state index in [4.69, 9.17) is 14.5 Å². The predicted molar refractivity (Wildman–Crippen MR) is 103 cm³/mol. The molecule has 28 heavy (non-hydrogen) atoms. The number of carbonyl (C=O) groups is 1. The van der Waals surface area contributed by atoms with Gasteiger partial charge in [-0.1, -0.05) is 0 Å². The van der Waals surface area contributed by atoms with Crippen molar-refractivity contribution in [1.29, 1.82) is 0 Å². The van der Waals surface area contributed by atoms with Crippen molar-refractivity contribution in [2.75, 3.05) is 13.1 Å². The number of hydrogen-bond donors (Lipinski definition) is 0. The Kier molecular flexibility index (Phi) is 4.12. The fraction of sp³-hybridized carbons (Fsp3) is 0.238. The summed E-state index contributed by atoms with van der Waals surface area (Å²) < 4.78 is 6.87. The van der Waals surface area contributed by atoms with Crippen molar-refractivity contribution in [1.82, 2.24) is 24.5 Å². The SMILES string of the molecule is O=C(c1ccoc1)N1CCCC(c2nc3ccc(-c4ccncc4)cn3n2)C1. The first kappa shape index (κ1) is 16.7. The van der Waals surface area contributed by atoms with Gasteiger partial charge in [0.15, 0.2) is 11.5 Å². The van der Waals surface area contributed by atoms with Crippen molar-refractivity contribution in [3.63, 3.8) is 0 Å². The number of piperidine rings is 1. The van der Waals surface area contributed by atoms with Crippen LogP contribution in [0, 0.1) is 0 Å². The molecular formula is C21H19N5O2. The Balaban J connectivity index is 1.40. The molecule has 140 valence electrons. The van der Waals surface area contributed by atoms with Crippen LogP contribution in [-0.2, 0) is 0 Å². The van der Waals surface area contributed by atoms with Crippen molar-refractivity contribution in [2.45, 2.75) is 18.8 Å². The van der Waals surface area contributed by atoms with Crippen LogP contribution in [0.5, 0.6) is 0 Å². The van der Waals surface area contributed by atoms with Crippen LogP contribution >= 0.6 is 0 Å². The molecule has 0 spiro atoms. The van der Waals surface area contributed by atoms with Gasteiger partial charge in [0.25, 0.3) is 5.91 Å². The van der Waals surface area contributed by atoms with E-state index in [9.17, 15) is 4.79 Å². The standard InChI is InChI=1S/C21H19N5O2/c27-21(18-7-11-28-14-18)25-10-1-2-17(12-25)20-23-19-4-3-16(13-26(19)24-20)15-5-8-22-9-6-15/h3-9,11,13-14,17H,1-2,10,12H2. The zero-order valence-electron chi connectivity index (χ0n) is 15.2. The van der Waals surface area contributed by atoms with Gasteiger partial charge in [-0.25, -0.2) is 9.50 Å². The van der Waals surface area contributed by atoms with Crippen molar-refractivity contribution in [3.8, 4) is 11.1 Å². The maximum absolute atomic E-state index is 12.6. The lowest BCUT2D eigenvalue weighted by Crippen LogP contribution is -2.39. The first-order chi connectivity index (χ1) is 13.8. The number of fused-ring (bicyclic) bond motifs is 1. The molecule has 0 bridgehead atoms. The number of carbonyl (C=O) groups excluding carboxylic acids is 1. The Morgan fingerprint density at radius 2 is 2.00 bits per heavy atom. The van der Waals surface area contributed by atoms with Crippen LogP contribution in [0.25, 0.3) is 16.8 Å². The second-order valence-electron chi connectivity index (χ2n) is 7.03. The molecule has 5 heterocycles. The number of rotatable bonds is 3. The van der Waals surface area contributed by atoms with E-state index in [0.717, 1.165) is 42.0 Å². The molecule has 0 aromatic carbocycles. The van der Waals surface area contributed by atoms with Crippen molar-refractivity contribution >= 4 is 11.6 Å². The summed E-state index contributed by atoms with van der Waals surface area (Å²) in [5.74, 6) is 0.924. The van der Waals surface area contributed by atoms with Gasteiger partial charge in [0.2, 0.25) is 0 Å². The van der Waals surface area contributed by atoms with Gasteiger partial charge < -0.3 is 9.32 Å². The molecule has 0 radical (unpaired) electrons. The quantitative estimate of drug-likeness (QED) is 0.550. The minimum absolute atomic E-state index is 0.00203. The van der Waals surface area contributed by atoms with Crippen molar-refractivity contribution < 1.29 is 9.21 Å². The van der Waals surface area contributed by atoms with E-state index in [2.05, 4.69) is 4.98 Å². The van der Waals surface area contributed by atoms with Crippen LogP contribution in [-0.4, -0.2) is 43.5 Å². The van der Waals surface area contributed by atoms with Gasteiger partial charge in [-0.15, -0.1) is 0 Å². The summed E-state index contributed by atoms with van der Waals surface area (Å²) in [6, 6.07) is 9.66. The highest BCUT2D eigenvalue weighted by Gasteiger charge is 2.28. The molecular weight excluding hydrogens is 354 g/mol. The fourth-order valence-electron chi connectivity index (χ4n) is 3.73. The number of hydrogen-bond acceptors (Lipinski definition) is 5. The molecule has 1 saturated heterocycles. The molecule has 1 aliphatic heterocycles. The minimum Gasteiger partial charge on any atom is -0.472 e. The summed E-state index contributed by atoms with van der Waals surface area (Å²) in [5, 5.41) is 4.71. The average molecular weight is 373 g/mol. The summed E-state index contributed by atoms with van der Waals surface area (Å²) >= 11 is 0. The Morgan fingerprint density at radius 3 is 2.82 bits per heavy atom. The summed E-state index contributed by atoms with van der Waals surface area (Å²) in [6.07, 6.45) is 10.5. The Labute approximate surface area is 161 Å². The third kappa shape index (κ3) is 3.05. The normalized spacial score (nSPS) is 17.1. The second kappa shape index (κ2) is 6.92. The first-order valence-corrected chi connectivity index (χ1v) is 9.36. The molecule has 1 unspecified atom stereocenters. The third-order valence-electron chi connectivity index (χ3n) is 5.20. The van der Waals surface area contributed by atoms with Gasteiger partial charge in [0.1, 0.15) is 6.26 Å². The summed E-state index contributed by atoms with van der Waals surface area (Å²) in [5.41, 5.74) is 3.55. The molecule has 0 N–H and O–H groups in total. The van der Waals surface area contributed by atoms with E-state index < -0.39 is 0 Å². The fourth-order valence-corrected chi connectivity index (χ4v) is 3.73. The molecule has 0 saturated carbocycles. The van der Waals surface area contributed by atoms with Crippen molar-refractivity contribution in [3.05, 3.63) is 72.8 Å². The smallest absolute Gasteiger partial charge is 0.257 e. The van der Waals surface area contributed by atoms with Crippen LogP contribution in [0.1, 0.15) is 34.9 Å². The highest BCUT2D eigenvalue weighted by Crippen LogP contribution is 2.27. The van der Waals surface area contributed by atoms with E-state index in [1.165, 1.54) is 12.5 Å². The minimum atomic E-state index is 0.00203. The zero-order chi connectivity index (χ0) is 18.9. The van der Waals surface area contributed by atoms with Gasteiger partial charge in [0, 0.05) is 43.2 Å². The van der Waals surface area contributed by atoms with Gasteiger partial charge in [-0.05, 0) is 48.7 Å².